The van der Waals surface area contributed by atoms with Crippen molar-refractivity contribution in [3.8, 4) is 0 Å². The quantitative estimate of drug-likeness (QED) is 0.470. The van der Waals surface area contributed by atoms with Crippen LogP contribution in [0.25, 0.3) is 10.9 Å². The van der Waals surface area contributed by atoms with Crippen LogP contribution in [0.3, 0.4) is 0 Å². The van der Waals surface area contributed by atoms with Crippen molar-refractivity contribution < 1.29 is 13.2 Å². The summed E-state index contributed by atoms with van der Waals surface area (Å²) >= 11 is 0. The van der Waals surface area contributed by atoms with Crippen LogP contribution in [0.1, 0.15) is 21.5 Å². The SMILES string of the molecule is Cc1ccc2c(NC(=O)c3cccc(S(=O)(=O)Nc4ccccc4)c3)ccnc2c1C. The number of pyridine rings is 1. The number of amides is 1. The number of anilines is 2. The van der Waals surface area contributed by atoms with Gasteiger partial charge in [0.15, 0.2) is 0 Å². The normalized spacial score (nSPS) is 11.3. The summed E-state index contributed by atoms with van der Waals surface area (Å²) in [4.78, 5) is 17.3. The second-order valence-electron chi connectivity index (χ2n) is 7.22. The maximum absolute atomic E-state index is 12.9. The highest BCUT2D eigenvalue weighted by atomic mass is 32.2. The predicted octanol–water partition coefficient (Wildman–Crippen LogP) is 4.90. The lowest BCUT2D eigenvalue weighted by molar-refractivity contribution is 0.102. The molecule has 0 aliphatic rings. The van der Waals surface area contributed by atoms with Crippen LogP contribution < -0.4 is 10.0 Å². The molecule has 2 N–H and O–H groups in total. The van der Waals surface area contributed by atoms with E-state index >= 15 is 0 Å². The van der Waals surface area contributed by atoms with Crippen LogP contribution in [0.4, 0.5) is 11.4 Å². The van der Waals surface area contributed by atoms with E-state index in [1.165, 1.54) is 12.1 Å². The summed E-state index contributed by atoms with van der Waals surface area (Å²) < 4.78 is 28.0. The van der Waals surface area contributed by atoms with Gasteiger partial charge in [-0.3, -0.25) is 14.5 Å². The predicted molar refractivity (Wildman–Crippen MR) is 123 cm³/mol. The number of rotatable bonds is 5. The van der Waals surface area contributed by atoms with E-state index in [2.05, 4.69) is 15.0 Å². The van der Waals surface area contributed by atoms with Crippen LogP contribution >= 0.6 is 0 Å². The molecule has 0 saturated heterocycles. The molecule has 6 nitrogen and oxygen atoms in total. The van der Waals surface area contributed by atoms with Gasteiger partial charge in [-0.05, 0) is 61.4 Å². The van der Waals surface area contributed by atoms with Gasteiger partial charge in [-0.1, -0.05) is 36.4 Å². The fraction of sp³-hybridized carbons (Fsp3) is 0.0833. The van der Waals surface area contributed by atoms with Gasteiger partial charge in [-0.25, -0.2) is 8.42 Å². The largest absolute Gasteiger partial charge is 0.321 e. The van der Waals surface area contributed by atoms with Crippen LogP contribution in [-0.2, 0) is 10.0 Å². The molecule has 3 aromatic carbocycles. The minimum absolute atomic E-state index is 0.00931. The fourth-order valence-electron chi connectivity index (χ4n) is 3.29. The zero-order chi connectivity index (χ0) is 22.0. The molecule has 1 aromatic heterocycles. The molecule has 0 saturated carbocycles. The van der Waals surface area contributed by atoms with Gasteiger partial charge >= 0.3 is 0 Å². The maximum Gasteiger partial charge on any atom is 0.261 e. The summed E-state index contributed by atoms with van der Waals surface area (Å²) in [5.41, 5.74) is 4.30. The molecule has 0 unspecified atom stereocenters. The number of para-hydroxylation sites is 1. The van der Waals surface area contributed by atoms with Crippen molar-refractivity contribution in [2.45, 2.75) is 18.7 Å². The molecule has 7 heteroatoms. The number of benzene rings is 3. The molecule has 0 fully saturated rings. The topological polar surface area (TPSA) is 88.2 Å². The van der Waals surface area contributed by atoms with Crippen molar-refractivity contribution in [2.24, 2.45) is 0 Å². The van der Waals surface area contributed by atoms with E-state index in [1.54, 1.807) is 54.7 Å². The minimum atomic E-state index is -3.83. The van der Waals surface area contributed by atoms with E-state index in [1.807, 2.05) is 26.0 Å². The van der Waals surface area contributed by atoms with Crippen LogP contribution in [0.5, 0.6) is 0 Å². The highest BCUT2D eigenvalue weighted by molar-refractivity contribution is 7.92. The lowest BCUT2D eigenvalue weighted by Gasteiger charge is -2.12. The molecular formula is C24H21N3O3S. The van der Waals surface area contributed by atoms with Crippen LogP contribution in [-0.4, -0.2) is 19.3 Å². The number of nitrogens with one attached hydrogen (secondary N) is 2. The Morgan fingerprint density at radius 3 is 2.45 bits per heavy atom. The number of fused-ring (bicyclic) bond motifs is 1. The number of hydrogen-bond donors (Lipinski definition) is 2. The Labute approximate surface area is 181 Å². The number of nitrogens with zero attached hydrogens (tertiary/aromatic N) is 1. The summed E-state index contributed by atoms with van der Waals surface area (Å²) in [6.45, 7) is 4.00. The van der Waals surface area contributed by atoms with Crippen molar-refractivity contribution >= 4 is 38.2 Å². The third kappa shape index (κ3) is 4.27. The van der Waals surface area contributed by atoms with Crippen molar-refractivity contribution in [3.05, 3.63) is 95.7 Å². The van der Waals surface area contributed by atoms with Crippen molar-refractivity contribution in [2.75, 3.05) is 10.0 Å². The molecule has 1 heterocycles. The molecular weight excluding hydrogens is 410 g/mol. The monoisotopic (exact) mass is 431 g/mol. The third-order valence-electron chi connectivity index (χ3n) is 5.12. The van der Waals surface area contributed by atoms with E-state index in [0.717, 1.165) is 22.0 Å². The van der Waals surface area contributed by atoms with Crippen molar-refractivity contribution in [1.82, 2.24) is 4.98 Å². The Bertz CT molecular complexity index is 1380. The van der Waals surface area contributed by atoms with Gasteiger partial charge in [0.1, 0.15) is 0 Å². The molecule has 1 amide bonds. The Kier molecular flexibility index (Phi) is 5.44. The Morgan fingerprint density at radius 2 is 1.68 bits per heavy atom. The zero-order valence-electron chi connectivity index (χ0n) is 17.1. The number of aromatic nitrogens is 1. The first-order valence-electron chi connectivity index (χ1n) is 9.69. The average Bonchev–Trinajstić information content (AvgIpc) is 2.77. The van der Waals surface area contributed by atoms with Gasteiger partial charge in [-0.15, -0.1) is 0 Å². The summed E-state index contributed by atoms with van der Waals surface area (Å²) in [7, 11) is -3.83. The first-order chi connectivity index (χ1) is 14.8. The lowest BCUT2D eigenvalue weighted by atomic mass is 10.0. The molecule has 0 radical (unpaired) electrons. The minimum Gasteiger partial charge on any atom is -0.321 e. The van der Waals surface area contributed by atoms with E-state index in [0.29, 0.717) is 11.4 Å². The van der Waals surface area contributed by atoms with E-state index in [9.17, 15) is 13.2 Å². The number of carbonyl (C=O) groups excluding carboxylic acids is 1. The molecule has 156 valence electrons. The second-order valence-corrected chi connectivity index (χ2v) is 8.90. The van der Waals surface area contributed by atoms with Gasteiger partial charge in [-0.2, -0.15) is 0 Å². The molecule has 0 aliphatic heterocycles. The Morgan fingerprint density at radius 1 is 0.903 bits per heavy atom. The highest BCUT2D eigenvalue weighted by Crippen LogP contribution is 2.26. The molecule has 4 rings (SSSR count). The second kappa shape index (κ2) is 8.20. The summed E-state index contributed by atoms with van der Waals surface area (Å²) in [5, 5.41) is 3.71. The lowest BCUT2D eigenvalue weighted by Crippen LogP contribution is -2.16. The van der Waals surface area contributed by atoms with Gasteiger partial charge in [0.2, 0.25) is 0 Å². The standard InChI is InChI=1S/C24H21N3O3S/c1-16-11-12-21-22(13-14-25-23(21)17(16)2)26-24(28)18-7-6-10-20(15-18)31(29,30)27-19-8-4-3-5-9-19/h3-15,27H,1-2H3,(H,25,26,28). The third-order valence-corrected chi connectivity index (χ3v) is 6.50. The number of hydrogen-bond acceptors (Lipinski definition) is 4. The van der Waals surface area contributed by atoms with E-state index in [4.69, 9.17) is 0 Å². The first-order valence-corrected chi connectivity index (χ1v) is 11.2. The number of aryl methyl sites for hydroxylation is 2. The van der Waals surface area contributed by atoms with Crippen LogP contribution in [0, 0.1) is 13.8 Å². The van der Waals surface area contributed by atoms with Crippen LogP contribution in [0.15, 0.2) is 83.9 Å². The smallest absolute Gasteiger partial charge is 0.261 e. The van der Waals surface area contributed by atoms with E-state index < -0.39 is 15.9 Å². The average molecular weight is 432 g/mol. The van der Waals surface area contributed by atoms with Gasteiger partial charge in [0.05, 0.1) is 16.1 Å². The summed E-state index contributed by atoms with van der Waals surface area (Å²) in [5.74, 6) is -0.400. The van der Waals surface area contributed by atoms with Crippen molar-refractivity contribution in [3.63, 3.8) is 0 Å². The van der Waals surface area contributed by atoms with Gasteiger partial charge in [0, 0.05) is 22.8 Å². The number of sulfonamides is 1. The number of carbonyl (C=O) groups is 1. The summed E-state index contributed by atoms with van der Waals surface area (Å²) in [6.07, 6.45) is 1.65. The van der Waals surface area contributed by atoms with Gasteiger partial charge < -0.3 is 5.32 Å². The Balaban J connectivity index is 1.62. The fourth-order valence-corrected chi connectivity index (χ4v) is 4.39. The molecule has 0 aliphatic carbocycles. The Hall–Kier alpha value is -3.71. The molecule has 0 bridgehead atoms. The molecule has 0 atom stereocenters. The summed E-state index contributed by atoms with van der Waals surface area (Å²) in [6, 6.07) is 20.2. The molecule has 31 heavy (non-hydrogen) atoms. The van der Waals surface area contributed by atoms with Crippen molar-refractivity contribution in [1.29, 1.82) is 0 Å². The zero-order valence-corrected chi connectivity index (χ0v) is 17.9. The molecule has 4 aromatic rings. The highest BCUT2D eigenvalue weighted by Gasteiger charge is 2.17. The van der Waals surface area contributed by atoms with Crippen LogP contribution in [0.2, 0.25) is 0 Å². The maximum atomic E-state index is 12.9. The van der Waals surface area contributed by atoms with Gasteiger partial charge in [0.25, 0.3) is 15.9 Å². The van der Waals surface area contributed by atoms with E-state index in [-0.39, 0.29) is 10.5 Å². The molecule has 0 spiro atoms. The first kappa shape index (κ1) is 20.6.